The first-order chi connectivity index (χ1) is 15.7. The SMILES string of the molecule is CC.Cc1cc(C(F)(F)F)cc(O)c1-c1ccc2cn(CC3CC(=O)N(C4CC4)C3)nc2n1. The largest absolute Gasteiger partial charge is 0.507 e. The molecular weight excluding hydrogens is 433 g/mol. The topological polar surface area (TPSA) is 71.2 Å². The number of carbonyl (C=O) groups excluding carboxylic acids is 1. The highest BCUT2D eigenvalue weighted by atomic mass is 19.4. The molecule has 2 aromatic heterocycles. The molecule has 0 bridgehead atoms. The maximum Gasteiger partial charge on any atom is 0.416 e. The zero-order valence-corrected chi connectivity index (χ0v) is 18.9. The lowest BCUT2D eigenvalue weighted by molar-refractivity contribution is -0.137. The van der Waals surface area contributed by atoms with E-state index in [1.165, 1.54) is 6.92 Å². The summed E-state index contributed by atoms with van der Waals surface area (Å²) in [5, 5.41) is 15.5. The Morgan fingerprint density at radius 3 is 2.55 bits per heavy atom. The fourth-order valence-electron chi connectivity index (χ4n) is 4.38. The van der Waals surface area contributed by atoms with E-state index in [0.717, 1.165) is 36.9 Å². The highest BCUT2D eigenvalue weighted by Gasteiger charge is 2.39. The summed E-state index contributed by atoms with van der Waals surface area (Å²) in [4.78, 5) is 18.6. The molecule has 1 saturated carbocycles. The molecule has 6 nitrogen and oxygen atoms in total. The summed E-state index contributed by atoms with van der Waals surface area (Å²) in [7, 11) is 0. The molecular formula is C24H27F3N4O2. The lowest BCUT2D eigenvalue weighted by Gasteiger charge is -2.15. The number of halogens is 3. The molecule has 2 fully saturated rings. The van der Waals surface area contributed by atoms with Gasteiger partial charge >= 0.3 is 6.18 Å². The Kier molecular flexibility index (Phi) is 6.07. The number of amides is 1. The molecule has 5 rings (SSSR count). The molecule has 1 atom stereocenters. The third kappa shape index (κ3) is 4.67. The second-order valence-electron chi connectivity index (χ2n) is 8.49. The van der Waals surface area contributed by atoms with Gasteiger partial charge < -0.3 is 10.0 Å². The van der Waals surface area contributed by atoms with Crippen molar-refractivity contribution >= 4 is 16.9 Å². The number of hydrogen-bond acceptors (Lipinski definition) is 4. The van der Waals surface area contributed by atoms with Gasteiger partial charge in [0.1, 0.15) is 5.75 Å². The molecule has 9 heteroatoms. The molecule has 1 N–H and O–H groups in total. The number of nitrogens with zero attached hydrogens (tertiary/aromatic N) is 4. The minimum atomic E-state index is -4.53. The van der Waals surface area contributed by atoms with Gasteiger partial charge in [-0.1, -0.05) is 13.8 Å². The number of aryl methyl sites for hydroxylation is 1. The van der Waals surface area contributed by atoms with Crippen LogP contribution in [0.4, 0.5) is 13.2 Å². The van der Waals surface area contributed by atoms with Crippen LogP contribution in [-0.2, 0) is 17.5 Å². The summed E-state index contributed by atoms with van der Waals surface area (Å²) >= 11 is 0. The number of pyridine rings is 1. The molecule has 2 aliphatic rings. The van der Waals surface area contributed by atoms with Gasteiger partial charge in [0.05, 0.1) is 11.3 Å². The molecule has 0 radical (unpaired) electrons. The van der Waals surface area contributed by atoms with Gasteiger partial charge in [0.25, 0.3) is 0 Å². The summed E-state index contributed by atoms with van der Waals surface area (Å²) in [6.07, 6.45) is 0.0214. The van der Waals surface area contributed by atoms with Crippen molar-refractivity contribution in [2.75, 3.05) is 6.54 Å². The molecule has 3 heterocycles. The Morgan fingerprint density at radius 1 is 1.18 bits per heavy atom. The lowest BCUT2D eigenvalue weighted by Crippen LogP contribution is -2.27. The van der Waals surface area contributed by atoms with Gasteiger partial charge in [-0.3, -0.25) is 9.48 Å². The van der Waals surface area contributed by atoms with Crippen molar-refractivity contribution in [2.45, 2.75) is 58.8 Å². The highest BCUT2D eigenvalue weighted by Crippen LogP contribution is 2.39. The van der Waals surface area contributed by atoms with Crippen molar-refractivity contribution in [2.24, 2.45) is 5.92 Å². The molecule has 176 valence electrons. The van der Waals surface area contributed by atoms with Crippen LogP contribution >= 0.6 is 0 Å². The molecule has 1 aliphatic heterocycles. The second-order valence-corrected chi connectivity index (χ2v) is 8.49. The first kappa shape index (κ1) is 23.1. The number of fused-ring (bicyclic) bond motifs is 1. The summed E-state index contributed by atoms with van der Waals surface area (Å²) in [5.41, 5.74) is 0.439. The van der Waals surface area contributed by atoms with Crippen LogP contribution in [0, 0.1) is 12.8 Å². The number of aromatic nitrogens is 3. The van der Waals surface area contributed by atoms with Crippen molar-refractivity contribution in [1.29, 1.82) is 0 Å². The van der Waals surface area contributed by atoms with Crippen LogP contribution in [0.25, 0.3) is 22.3 Å². The van der Waals surface area contributed by atoms with Gasteiger partial charge in [0.2, 0.25) is 5.91 Å². The molecule has 1 saturated heterocycles. The highest BCUT2D eigenvalue weighted by molar-refractivity contribution is 5.81. The van der Waals surface area contributed by atoms with Crippen LogP contribution < -0.4 is 0 Å². The Hall–Kier alpha value is -3.10. The summed E-state index contributed by atoms with van der Waals surface area (Å²) in [6, 6.07) is 5.58. The molecule has 1 amide bonds. The number of likely N-dealkylation sites (tertiary alicyclic amines) is 1. The van der Waals surface area contributed by atoms with Gasteiger partial charge in [-0.15, -0.1) is 0 Å². The monoisotopic (exact) mass is 460 g/mol. The van der Waals surface area contributed by atoms with E-state index in [9.17, 15) is 23.1 Å². The summed E-state index contributed by atoms with van der Waals surface area (Å²) in [6.45, 7) is 6.86. The normalized spacial score (nSPS) is 18.5. The summed E-state index contributed by atoms with van der Waals surface area (Å²) in [5.74, 6) is -0.0656. The number of rotatable bonds is 4. The third-order valence-electron chi connectivity index (χ3n) is 5.99. The van der Waals surface area contributed by atoms with E-state index in [1.807, 2.05) is 24.9 Å². The van der Waals surface area contributed by atoms with Crippen molar-refractivity contribution in [3.8, 4) is 17.0 Å². The predicted octanol–water partition coefficient (Wildman–Crippen LogP) is 5.17. The third-order valence-corrected chi connectivity index (χ3v) is 5.99. The maximum absolute atomic E-state index is 13.0. The quantitative estimate of drug-likeness (QED) is 0.583. The van der Waals surface area contributed by atoms with E-state index in [0.29, 0.717) is 30.3 Å². The van der Waals surface area contributed by atoms with Crippen LogP contribution in [0.15, 0.2) is 30.5 Å². The van der Waals surface area contributed by atoms with E-state index in [2.05, 4.69) is 10.1 Å². The molecule has 1 aromatic carbocycles. The van der Waals surface area contributed by atoms with Crippen molar-refractivity contribution < 1.29 is 23.1 Å². The number of benzene rings is 1. The number of alkyl halides is 3. The number of aromatic hydroxyl groups is 1. The van der Waals surface area contributed by atoms with Crippen LogP contribution in [0.3, 0.4) is 0 Å². The minimum Gasteiger partial charge on any atom is -0.507 e. The Morgan fingerprint density at radius 2 is 1.91 bits per heavy atom. The molecule has 3 aromatic rings. The Labute approximate surface area is 190 Å². The van der Waals surface area contributed by atoms with E-state index in [1.54, 1.807) is 16.8 Å². The first-order valence-electron chi connectivity index (χ1n) is 11.2. The minimum absolute atomic E-state index is 0.197. The first-order valence-corrected chi connectivity index (χ1v) is 11.2. The summed E-state index contributed by atoms with van der Waals surface area (Å²) < 4.78 is 40.8. The van der Waals surface area contributed by atoms with Crippen molar-refractivity contribution in [3.05, 3.63) is 41.6 Å². The van der Waals surface area contributed by atoms with E-state index in [4.69, 9.17) is 0 Å². The smallest absolute Gasteiger partial charge is 0.416 e. The Bertz CT molecular complexity index is 1160. The van der Waals surface area contributed by atoms with Gasteiger partial charge in [-0.2, -0.15) is 18.3 Å². The van der Waals surface area contributed by atoms with Gasteiger partial charge in [-0.25, -0.2) is 4.98 Å². The molecule has 1 unspecified atom stereocenters. The standard InChI is InChI=1S/C22H21F3N4O2.C2H6/c1-12-6-15(22(23,24)25)8-18(30)20(12)17-5-2-14-11-28(27-21(14)26-17)9-13-7-19(31)29(10-13)16-3-4-16;1-2/h2,5-6,8,11,13,16,30H,3-4,7,9-10H2,1H3;1-2H3. The van der Waals surface area contributed by atoms with Crippen LogP contribution in [0.5, 0.6) is 5.75 Å². The van der Waals surface area contributed by atoms with Gasteiger partial charge in [-0.05, 0) is 49.6 Å². The van der Waals surface area contributed by atoms with Crippen molar-refractivity contribution in [3.63, 3.8) is 0 Å². The molecule has 0 spiro atoms. The van der Waals surface area contributed by atoms with Crippen LogP contribution in [-0.4, -0.2) is 43.3 Å². The average molecular weight is 461 g/mol. The zero-order valence-electron chi connectivity index (χ0n) is 18.9. The number of carbonyl (C=O) groups is 1. The number of phenolic OH excluding ortho intramolecular Hbond substituents is 1. The van der Waals surface area contributed by atoms with Gasteiger partial charge in [0.15, 0.2) is 5.65 Å². The maximum atomic E-state index is 13.0. The van der Waals surface area contributed by atoms with E-state index >= 15 is 0 Å². The fraction of sp³-hybridized carbons (Fsp3) is 0.458. The predicted molar refractivity (Wildman–Crippen MR) is 119 cm³/mol. The van der Waals surface area contributed by atoms with Crippen LogP contribution in [0.1, 0.15) is 44.2 Å². The Balaban J connectivity index is 0.00000126. The lowest BCUT2D eigenvalue weighted by atomic mass is 10.00. The van der Waals surface area contributed by atoms with E-state index in [-0.39, 0.29) is 23.0 Å². The van der Waals surface area contributed by atoms with Gasteiger partial charge in [0, 0.05) is 48.6 Å². The fourth-order valence-corrected chi connectivity index (χ4v) is 4.38. The number of phenols is 1. The average Bonchev–Trinajstić information content (AvgIpc) is 3.42. The molecule has 33 heavy (non-hydrogen) atoms. The van der Waals surface area contributed by atoms with E-state index < -0.39 is 17.5 Å². The zero-order chi connectivity index (χ0) is 23.9. The number of hydrogen-bond donors (Lipinski definition) is 1. The van der Waals surface area contributed by atoms with Crippen LogP contribution in [0.2, 0.25) is 0 Å². The second kappa shape index (κ2) is 8.68. The van der Waals surface area contributed by atoms with Crippen molar-refractivity contribution in [1.82, 2.24) is 19.7 Å². The molecule has 1 aliphatic carbocycles.